The third kappa shape index (κ3) is 2.98. The van der Waals surface area contributed by atoms with E-state index < -0.39 is 5.91 Å². The van der Waals surface area contributed by atoms with Gasteiger partial charge in [-0.1, -0.05) is 13.8 Å². The van der Waals surface area contributed by atoms with E-state index in [-0.39, 0.29) is 5.54 Å². The smallest absolute Gasteiger partial charge is 0.252 e. The number of aryl methyl sites for hydroxylation is 1. The summed E-state index contributed by atoms with van der Waals surface area (Å²) >= 11 is 0. The van der Waals surface area contributed by atoms with E-state index in [2.05, 4.69) is 24.1 Å². The van der Waals surface area contributed by atoms with Gasteiger partial charge in [0.1, 0.15) is 5.82 Å². The molecule has 5 N–H and O–H groups in total. The topological polar surface area (TPSA) is 94.0 Å². The summed E-state index contributed by atoms with van der Waals surface area (Å²) in [5.41, 5.74) is 12.1. The number of nitrogens with two attached hydrogens (primary N) is 2. The monoisotopic (exact) mass is 250 g/mol. The van der Waals surface area contributed by atoms with Crippen LogP contribution in [0.15, 0.2) is 12.1 Å². The van der Waals surface area contributed by atoms with Gasteiger partial charge in [-0.2, -0.15) is 0 Å². The Balaban J connectivity index is 3.16. The fraction of sp³-hybridized carbons (Fsp3) is 0.538. The number of anilines is 1. The van der Waals surface area contributed by atoms with Crippen molar-refractivity contribution in [1.29, 1.82) is 0 Å². The molecule has 0 aliphatic rings. The first-order chi connectivity index (χ1) is 8.30. The predicted molar refractivity (Wildman–Crippen MR) is 73.4 cm³/mol. The summed E-state index contributed by atoms with van der Waals surface area (Å²) in [5.74, 6) is 0.308. The molecule has 1 unspecified atom stereocenters. The number of rotatable bonds is 5. The van der Waals surface area contributed by atoms with Gasteiger partial charge in [-0.25, -0.2) is 4.98 Å². The van der Waals surface area contributed by atoms with Crippen LogP contribution in [0.1, 0.15) is 36.8 Å². The molecule has 1 aromatic rings. The molecule has 100 valence electrons. The summed E-state index contributed by atoms with van der Waals surface area (Å²) in [4.78, 5) is 15.7. The van der Waals surface area contributed by atoms with Gasteiger partial charge in [0.05, 0.1) is 11.1 Å². The second-order valence-electron chi connectivity index (χ2n) is 5.11. The van der Waals surface area contributed by atoms with Gasteiger partial charge in [0.2, 0.25) is 0 Å². The highest BCUT2D eigenvalue weighted by Crippen LogP contribution is 2.23. The Morgan fingerprint density at radius 3 is 2.56 bits per heavy atom. The maximum atomic E-state index is 11.4. The Bertz CT molecular complexity index is 445. The average molecular weight is 250 g/mol. The minimum absolute atomic E-state index is 0.297. The molecule has 0 fully saturated rings. The number of carbonyl (C=O) groups is 1. The zero-order valence-corrected chi connectivity index (χ0v) is 11.4. The number of amides is 1. The molecule has 0 saturated carbocycles. The lowest BCUT2D eigenvalue weighted by atomic mass is 9.88. The number of aromatic nitrogens is 1. The first-order valence-electron chi connectivity index (χ1n) is 6.06. The molecule has 1 heterocycles. The van der Waals surface area contributed by atoms with E-state index in [9.17, 15) is 4.79 Å². The number of hydrogen-bond acceptors (Lipinski definition) is 4. The van der Waals surface area contributed by atoms with Crippen LogP contribution in [-0.2, 0) is 0 Å². The lowest BCUT2D eigenvalue weighted by molar-refractivity contribution is 0.100. The number of hydrogen-bond donors (Lipinski definition) is 3. The number of nitrogens with one attached hydrogen (secondary N) is 1. The molecule has 1 aromatic heterocycles. The summed E-state index contributed by atoms with van der Waals surface area (Å²) < 4.78 is 0. The van der Waals surface area contributed by atoms with Gasteiger partial charge in [0.15, 0.2) is 0 Å². The summed E-state index contributed by atoms with van der Waals surface area (Å²) in [6.45, 7) is 8.45. The highest BCUT2D eigenvalue weighted by Gasteiger charge is 2.28. The second kappa shape index (κ2) is 5.35. The highest BCUT2D eigenvalue weighted by molar-refractivity contribution is 5.97. The third-order valence-corrected chi connectivity index (χ3v) is 3.40. The van der Waals surface area contributed by atoms with Crippen molar-refractivity contribution in [3.63, 3.8) is 0 Å². The molecular weight excluding hydrogens is 228 g/mol. The average Bonchev–Trinajstić information content (AvgIpc) is 2.28. The van der Waals surface area contributed by atoms with Crippen molar-refractivity contribution in [1.82, 2.24) is 4.98 Å². The quantitative estimate of drug-likeness (QED) is 0.733. The van der Waals surface area contributed by atoms with E-state index in [1.54, 1.807) is 12.1 Å². The van der Waals surface area contributed by atoms with Crippen LogP contribution in [0, 0.1) is 12.8 Å². The summed E-state index contributed by atoms with van der Waals surface area (Å²) in [5, 5.41) is 3.26. The van der Waals surface area contributed by atoms with Crippen LogP contribution >= 0.6 is 0 Å². The van der Waals surface area contributed by atoms with Gasteiger partial charge in [-0.15, -0.1) is 0 Å². The van der Waals surface area contributed by atoms with Gasteiger partial charge >= 0.3 is 0 Å². The van der Waals surface area contributed by atoms with E-state index in [4.69, 9.17) is 11.5 Å². The van der Waals surface area contributed by atoms with Gasteiger partial charge in [0.25, 0.3) is 5.91 Å². The molecule has 1 atom stereocenters. The molecule has 0 saturated heterocycles. The van der Waals surface area contributed by atoms with Gasteiger partial charge < -0.3 is 16.8 Å². The fourth-order valence-corrected chi connectivity index (χ4v) is 1.55. The Labute approximate surface area is 108 Å². The normalized spacial score (nSPS) is 14.3. The molecule has 18 heavy (non-hydrogen) atoms. The zero-order chi connectivity index (χ0) is 13.9. The molecule has 0 aliphatic heterocycles. The standard InChI is InChI=1S/C13H22N4O/c1-8(2)13(4,7-14)17-12-10(11(15)18)6-5-9(3)16-12/h5-6,8H,7,14H2,1-4H3,(H2,15,18)(H,16,17). The molecule has 5 nitrogen and oxygen atoms in total. The largest absolute Gasteiger partial charge is 0.365 e. The maximum absolute atomic E-state index is 11.4. The summed E-state index contributed by atoms with van der Waals surface area (Å²) in [6, 6.07) is 3.45. The number of pyridine rings is 1. The third-order valence-electron chi connectivity index (χ3n) is 3.40. The van der Waals surface area contributed by atoms with Crippen molar-refractivity contribution in [2.45, 2.75) is 33.2 Å². The molecule has 0 radical (unpaired) electrons. The van der Waals surface area contributed by atoms with E-state index in [0.717, 1.165) is 5.69 Å². The summed E-state index contributed by atoms with van der Waals surface area (Å²) in [7, 11) is 0. The van der Waals surface area contributed by atoms with Gasteiger partial charge in [-0.3, -0.25) is 4.79 Å². The van der Waals surface area contributed by atoms with Crippen LogP contribution in [-0.4, -0.2) is 23.0 Å². The zero-order valence-electron chi connectivity index (χ0n) is 11.4. The van der Waals surface area contributed by atoms with Crippen molar-refractivity contribution in [2.24, 2.45) is 17.4 Å². The summed E-state index contributed by atoms with van der Waals surface area (Å²) in [6.07, 6.45) is 0. The van der Waals surface area contributed by atoms with Crippen molar-refractivity contribution in [3.05, 3.63) is 23.4 Å². The van der Waals surface area contributed by atoms with Crippen molar-refractivity contribution < 1.29 is 4.79 Å². The van der Waals surface area contributed by atoms with Crippen LogP contribution in [0.2, 0.25) is 0 Å². The first-order valence-corrected chi connectivity index (χ1v) is 6.06. The van der Waals surface area contributed by atoms with E-state index in [0.29, 0.717) is 23.8 Å². The molecular formula is C13H22N4O. The van der Waals surface area contributed by atoms with Crippen LogP contribution in [0.3, 0.4) is 0 Å². The molecule has 0 aromatic carbocycles. The minimum atomic E-state index is -0.492. The van der Waals surface area contributed by atoms with E-state index in [1.807, 2.05) is 13.8 Å². The van der Waals surface area contributed by atoms with Crippen LogP contribution < -0.4 is 16.8 Å². The first kappa shape index (κ1) is 14.4. The number of carbonyl (C=O) groups excluding carboxylic acids is 1. The van der Waals surface area contributed by atoms with Gasteiger partial charge in [0, 0.05) is 12.2 Å². The fourth-order valence-electron chi connectivity index (χ4n) is 1.55. The molecule has 0 aliphatic carbocycles. The van der Waals surface area contributed by atoms with Crippen LogP contribution in [0.25, 0.3) is 0 Å². The SMILES string of the molecule is Cc1ccc(C(N)=O)c(NC(C)(CN)C(C)C)n1. The molecule has 0 bridgehead atoms. The van der Waals surface area contributed by atoms with Crippen LogP contribution in [0.5, 0.6) is 0 Å². The highest BCUT2D eigenvalue weighted by atomic mass is 16.1. The van der Waals surface area contributed by atoms with Gasteiger partial charge in [-0.05, 0) is 31.9 Å². The molecule has 5 heteroatoms. The Hall–Kier alpha value is -1.62. The number of nitrogens with zero attached hydrogens (tertiary/aromatic N) is 1. The maximum Gasteiger partial charge on any atom is 0.252 e. The minimum Gasteiger partial charge on any atom is -0.365 e. The molecule has 1 rings (SSSR count). The van der Waals surface area contributed by atoms with Crippen molar-refractivity contribution in [3.8, 4) is 0 Å². The Morgan fingerprint density at radius 1 is 1.50 bits per heavy atom. The lowest BCUT2D eigenvalue weighted by Crippen LogP contribution is -2.47. The Morgan fingerprint density at radius 2 is 2.11 bits per heavy atom. The van der Waals surface area contributed by atoms with E-state index >= 15 is 0 Å². The number of primary amides is 1. The predicted octanol–water partition coefficient (Wildman–Crippen LogP) is 1.27. The molecule has 0 spiro atoms. The lowest BCUT2D eigenvalue weighted by Gasteiger charge is -2.34. The van der Waals surface area contributed by atoms with Crippen molar-refractivity contribution >= 4 is 11.7 Å². The Kier molecular flexibility index (Phi) is 4.29. The van der Waals surface area contributed by atoms with Crippen LogP contribution in [0.4, 0.5) is 5.82 Å². The molecule has 1 amide bonds. The van der Waals surface area contributed by atoms with E-state index in [1.165, 1.54) is 0 Å². The van der Waals surface area contributed by atoms with Crippen molar-refractivity contribution in [2.75, 3.05) is 11.9 Å². The second-order valence-corrected chi connectivity index (χ2v) is 5.11.